The van der Waals surface area contributed by atoms with E-state index >= 15 is 0 Å². The molecule has 0 aliphatic heterocycles. The van der Waals surface area contributed by atoms with E-state index < -0.39 is 0 Å². The van der Waals surface area contributed by atoms with E-state index in [2.05, 4.69) is 6.07 Å². The van der Waals surface area contributed by atoms with Crippen molar-refractivity contribution < 1.29 is 9.21 Å². The van der Waals surface area contributed by atoms with Gasteiger partial charge in [0.15, 0.2) is 5.12 Å². The molecule has 1 heterocycles. The van der Waals surface area contributed by atoms with Gasteiger partial charge < -0.3 is 4.42 Å². The summed E-state index contributed by atoms with van der Waals surface area (Å²) in [7, 11) is 0. The van der Waals surface area contributed by atoms with Crippen molar-refractivity contribution in [2.45, 2.75) is 25.2 Å². The summed E-state index contributed by atoms with van der Waals surface area (Å²) in [4.78, 5) is 13.2. The highest BCUT2D eigenvalue weighted by Crippen LogP contribution is 2.26. The van der Waals surface area contributed by atoms with E-state index in [0.717, 1.165) is 21.4 Å². The Bertz CT molecular complexity index is 785. The molecule has 0 saturated carbocycles. The Labute approximate surface area is 128 Å². The molecule has 0 aliphatic carbocycles. The Hall–Kier alpha value is -2.00. The van der Waals surface area contributed by atoms with E-state index in [-0.39, 0.29) is 5.12 Å². The topological polar surface area (TPSA) is 30.2 Å². The molecule has 0 atom stereocenters. The van der Waals surface area contributed by atoms with Crippen LogP contribution in [-0.4, -0.2) is 5.12 Å². The Kier molecular flexibility index (Phi) is 3.84. The predicted molar refractivity (Wildman–Crippen MR) is 86.7 cm³/mol. The maximum Gasteiger partial charge on any atom is 0.198 e. The molecule has 3 heteroatoms. The molecule has 21 heavy (non-hydrogen) atoms. The van der Waals surface area contributed by atoms with Crippen molar-refractivity contribution in [3.63, 3.8) is 0 Å². The van der Waals surface area contributed by atoms with Gasteiger partial charge >= 0.3 is 0 Å². The third-order valence-electron chi connectivity index (χ3n) is 3.40. The normalized spacial score (nSPS) is 11.0. The van der Waals surface area contributed by atoms with Crippen molar-refractivity contribution in [2.75, 3.05) is 0 Å². The zero-order chi connectivity index (χ0) is 14.8. The van der Waals surface area contributed by atoms with Gasteiger partial charge in [0.2, 0.25) is 0 Å². The fourth-order valence-electron chi connectivity index (χ4n) is 2.26. The predicted octanol–water partition coefficient (Wildman–Crippen LogP) is 4.91. The molecule has 3 aromatic rings. The van der Waals surface area contributed by atoms with Crippen LogP contribution < -0.4 is 0 Å². The minimum atomic E-state index is 0.128. The average Bonchev–Trinajstić information content (AvgIpc) is 2.84. The Balaban J connectivity index is 1.77. The Morgan fingerprint density at radius 2 is 1.76 bits per heavy atom. The van der Waals surface area contributed by atoms with Gasteiger partial charge in [-0.25, -0.2) is 0 Å². The summed E-state index contributed by atoms with van der Waals surface area (Å²) >= 11 is 1.28. The molecule has 0 aliphatic rings. The van der Waals surface area contributed by atoms with Gasteiger partial charge in [0, 0.05) is 22.3 Å². The van der Waals surface area contributed by atoms with Crippen LogP contribution in [0.15, 0.2) is 58.0 Å². The molecule has 0 radical (unpaired) electrons. The minimum Gasteiger partial charge on any atom is -0.464 e. The molecule has 0 amide bonds. The quantitative estimate of drug-likeness (QED) is 0.643. The second-order valence-electron chi connectivity index (χ2n) is 5.22. The summed E-state index contributed by atoms with van der Waals surface area (Å²) < 4.78 is 5.51. The zero-order valence-corrected chi connectivity index (χ0v) is 12.9. The van der Waals surface area contributed by atoms with Crippen molar-refractivity contribution in [1.82, 2.24) is 0 Å². The lowest BCUT2D eigenvalue weighted by molar-refractivity contribution is -0.110. The lowest BCUT2D eigenvalue weighted by atomic mass is 10.1. The monoisotopic (exact) mass is 296 g/mol. The van der Waals surface area contributed by atoms with E-state index in [9.17, 15) is 4.79 Å². The first-order chi connectivity index (χ1) is 10.1. The lowest BCUT2D eigenvalue weighted by Crippen LogP contribution is -1.96. The molecule has 0 fully saturated rings. The second kappa shape index (κ2) is 5.78. The van der Waals surface area contributed by atoms with Crippen molar-refractivity contribution >= 4 is 27.8 Å². The number of thioether (sulfide) groups is 1. The Morgan fingerprint density at radius 3 is 2.52 bits per heavy atom. The lowest BCUT2D eigenvalue weighted by Gasteiger charge is -2.01. The molecule has 2 aromatic carbocycles. The van der Waals surface area contributed by atoms with Crippen LogP contribution in [0.5, 0.6) is 0 Å². The summed E-state index contributed by atoms with van der Waals surface area (Å²) in [5, 5.41) is 1.16. The summed E-state index contributed by atoms with van der Waals surface area (Å²) in [6.45, 7) is 4.08. The van der Waals surface area contributed by atoms with E-state index in [1.165, 1.54) is 22.9 Å². The van der Waals surface area contributed by atoms with Gasteiger partial charge in [-0.3, -0.25) is 4.79 Å². The summed E-state index contributed by atoms with van der Waals surface area (Å²) in [6, 6.07) is 14.0. The summed E-state index contributed by atoms with van der Waals surface area (Å²) in [5.41, 5.74) is 4.16. The van der Waals surface area contributed by atoms with Crippen LogP contribution >= 0.6 is 11.8 Å². The molecular weight excluding hydrogens is 280 g/mol. The van der Waals surface area contributed by atoms with Crippen molar-refractivity contribution in [1.29, 1.82) is 0 Å². The highest BCUT2D eigenvalue weighted by atomic mass is 32.2. The van der Waals surface area contributed by atoms with E-state index in [1.54, 1.807) is 6.26 Å². The van der Waals surface area contributed by atoms with E-state index in [4.69, 9.17) is 4.42 Å². The van der Waals surface area contributed by atoms with Crippen LogP contribution in [0.1, 0.15) is 16.7 Å². The van der Waals surface area contributed by atoms with Crippen LogP contribution in [0.25, 0.3) is 11.0 Å². The Morgan fingerprint density at radius 1 is 1.05 bits per heavy atom. The first-order valence-corrected chi connectivity index (χ1v) is 7.67. The molecule has 0 N–H and O–H groups in total. The summed E-state index contributed by atoms with van der Waals surface area (Å²) in [5.74, 6) is 0. The molecule has 0 spiro atoms. The van der Waals surface area contributed by atoms with E-state index in [0.29, 0.717) is 6.42 Å². The van der Waals surface area contributed by atoms with Crippen molar-refractivity contribution in [3.05, 3.63) is 65.4 Å². The third kappa shape index (κ3) is 3.19. The average molecular weight is 296 g/mol. The molecule has 1 aromatic heterocycles. The van der Waals surface area contributed by atoms with Gasteiger partial charge in [0.1, 0.15) is 5.58 Å². The number of aryl methyl sites for hydroxylation is 2. The standard InChI is InChI=1S/C18H16O2S/c1-12-3-6-15(7-4-12)21-18(19)10-14-11-20-17-8-5-13(2)9-16(14)17/h3-9,11H,10H2,1-2H3. The molecule has 0 bridgehead atoms. The smallest absolute Gasteiger partial charge is 0.198 e. The molecule has 3 rings (SSSR count). The van der Waals surface area contributed by atoms with Crippen LogP contribution in [0, 0.1) is 13.8 Å². The van der Waals surface area contributed by atoms with Gasteiger partial charge in [-0.15, -0.1) is 0 Å². The first kappa shape index (κ1) is 14.0. The number of carbonyl (C=O) groups is 1. The van der Waals surface area contributed by atoms with Gasteiger partial charge in [0.25, 0.3) is 0 Å². The van der Waals surface area contributed by atoms with E-state index in [1.807, 2.05) is 50.2 Å². The van der Waals surface area contributed by atoms with Crippen LogP contribution in [0.4, 0.5) is 0 Å². The molecule has 106 valence electrons. The number of hydrogen-bond donors (Lipinski definition) is 0. The number of benzene rings is 2. The van der Waals surface area contributed by atoms with Gasteiger partial charge in [0.05, 0.1) is 6.26 Å². The maximum atomic E-state index is 12.2. The molecule has 2 nitrogen and oxygen atoms in total. The molecule has 0 saturated heterocycles. The second-order valence-corrected chi connectivity index (χ2v) is 6.36. The number of furan rings is 1. The molecular formula is C18H16O2S. The number of rotatable bonds is 3. The first-order valence-electron chi connectivity index (χ1n) is 6.86. The highest BCUT2D eigenvalue weighted by molar-refractivity contribution is 8.13. The van der Waals surface area contributed by atoms with Crippen LogP contribution in [-0.2, 0) is 11.2 Å². The number of hydrogen-bond acceptors (Lipinski definition) is 3. The van der Waals surface area contributed by atoms with Gasteiger partial charge in [-0.1, -0.05) is 41.1 Å². The van der Waals surface area contributed by atoms with Gasteiger partial charge in [-0.2, -0.15) is 0 Å². The largest absolute Gasteiger partial charge is 0.464 e. The summed E-state index contributed by atoms with van der Waals surface area (Å²) in [6.07, 6.45) is 2.08. The van der Waals surface area contributed by atoms with Crippen molar-refractivity contribution in [3.8, 4) is 0 Å². The SMILES string of the molecule is Cc1ccc(SC(=O)Cc2coc3ccc(C)cc23)cc1. The van der Waals surface area contributed by atoms with Crippen molar-refractivity contribution in [2.24, 2.45) is 0 Å². The van der Waals surface area contributed by atoms with Gasteiger partial charge in [-0.05, 0) is 38.1 Å². The van der Waals surface area contributed by atoms with Crippen LogP contribution in [0.3, 0.4) is 0 Å². The minimum absolute atomic E-state index is 0.128. The fraction of sp³-hybridized carbons (Fsp3) is 0.167. The highest BCUT2D eigenvalue weighted by Gasteiger charge is 2.12. The number of carbonyl (C=O) groups excluding carboxylic acids is 1. The number of fused-ring (bicyclic) bond motifs is 1. The zero-order valence-electron chi connectivity index (χ0n) is 12.1. The third-order valence-corrected chi connectivity index (χ3v) is 4.28. The fourth-order valence-corrected chi connectivity index (χ4v) is 3.02. The van der Waals surface area contributed by atoms with Crippen LogP contribution in [0.2, 0.25) is 0 Å². The maximum absolute atomic E-state index is 12.2. The molecule has 0 unspecified atom stereocenters.